The molecule has 1 rings (SSSR count). The standard InChI is InChI=1S/C10H25N3Si/c1-11-14(4,12-2)13(3)10-8-6-5-7-9-10/h10-12H,5-9H2,1-4H3. The summed E-state index contributed by atoms with van der Waals surface area (Å²) in [5, 5.41) is 0. The van der Waals surface area contributed by atoms with E-state index in [4.69, 9.17) is 0 Å². The van der Waals surface area contributed by atoms with Crippen molar-refractivity contribution in [3.8, 4) is 0 Å². The quantitative estimate of drug-likeness (QED) is 0.691. The van der Waals surface area contributed by atoms with Gasteiger partial charge >= 0.3 is 0 Å². The van der Waals surface area contributed by atoms with Crippen molar-refractivity contribution in [1.29, 1.82) is 0 Å². The summed E-state index contributed by atoms with van der Waals surface area (Å²) in [5.41, 5.74) is 0. The molecule has 0 spiro atoms. The molecule has 0 aromatic heterocycles. The monoisotopic (exact) mass is 215 g/mol. The van der Waals surface area contributed by atoms with E-state index in [1.54, 1.807) is 0 Å². The second-order valence-corrected chi connectivity index (χ2v) is 8.32. The molecule has 1 aliphatic rings. The molecule has 0 aliphatic heterocycles. The summed E-state index contributed by atoms with van der Waals surface area (Å²) < 4.78 is 2.58. The fourth-order valence-corrected chi connectivity index (χ4v) is 4.26. The summed E-state index contributed by atoms with van der Waals surface area (Å²) in [6, 6.07) is 0.792. The molecule has 2 N–H and O–H groups in total. The summed E-state index contributed by atoms with van der Waals surface area (Å²) in [7, 11) is 4.86. The first-order chi connectivity index (χ1) is 6.64. The van der Waals surface area contributed by atoms with E-state index in [1.807, 2.05) is 0 Å². The summed E-state index contributed by atoms with van der Waals surface area (Å²) in [5.74, 6) is 0. The average molecular weight is 215 g/mol. The molecule has 0 amide bonds. The van der Waals surface area contributed by atoms with Gasteiger partial charge in [-0.3, -0.25) is 4.57 Å². The Kier molecular flexibility index (Phi) is 4.57. The lowest BCUT2D eigenvalue weighted by Crippen LogP contribution is -2.70. The molecule has 1 fully saturated rings. The Morgan fingerprint density at radius 1 is 1.07 bits per heavy atom. The SMILES string of the molecule is CN[Si](C)(NC)N(C)C1CCCCC1. The van der Waals surface area contributed by atoms with Gasteiger partial charge in [0.25, 0.3) is 8.56 Å². The molecule has 14 heavy (non-hydrogen) atoms. The third-order valence-corrected chi connectivity index (χ3v) is 7.52. The van der Waals surface area contributed by atoms with Crippen LogP contribution in [0.25, 0.3) is 0 Å². The molecule has 84 valence electrons. The van der Waals surface area contributed by atoms with Crippen LogP contribution in [0.2, 0.25) is 6.55 Å². The van der Waals surface area contributed by atoms with Crippen molar-refractivity contribution in [3.05, 3.63) is 0 Å². The van der Waals surface area contributed by atoms with E-state index < -0.39 is 8.56 Å². The van der Waals surface area contributed by atoms with Crippen molar-refractivity contribution < 1.29 is 0 Å². The number of nitrogens with one attached hydrogen (secondary N) is 2. The van der Waals surface area contributed by atoms with E-state index in [9.17, 15) is 0 Å². The predicted molar refractivity (Wildman–Crippen MR) is 64.4 cm³/mol. The van der Waals surface area contributed by atoms with Crippen LogP contribution in [-0.2, 0) is 0 Å². The zero-order valence-electron chi connectivity index (χ0n) is 10.1. The van der Waals surface area contributed by atoms with Crippen LogP contribution in [-0.4, -0.2) is 40.3 Å². The first kappa shape index (κ1) is 12.2. The highest BCUT2D eigenvalue weighted by Gasteiger charge is 2.34. The molecular weight excluding hydrogens is 190 g/mol. The second kappa shape index (κ2) is 5.26. The van der Waals surface area contributed by atoms with Gasteiger partial charge in [0, 0.05) is 6.04 Å². The van der Waals surface area contributed by atoms with Gasteiger partial charge < -0.3 is 9.96 Å². The summed E-state index contributed by atoms with van der Waals surface area (Å²) in [6.07, 6.45) is 7.01. The maximum absolute atomic E-state index is 3.48. The third-order valence-electron chi connectivity index (χ3n) is 3.80. The summed E-state index contributed by atoms with van der Waals surface area (Å²) in [4.78, 5) is 6.96. The molecule has 1 saturated carbocycles. The molecule has 0 aromatic carbocycles. The number of hydrogen-bond donors (Lipinski definition) is 2. The van der Waals surface area contributed by atoms with Gasteiger partial charge in [-0.1, -0.05) is 19.3 Å². The zero-order chi connectivity index (χ0) is 10.6. The van der Waals surface area contributed by atoms with Crippen molar-refractivity contribution in [3.63, 3.8) is 0 Å². The van der Waals surface area contributed by atoms with E-state index in [-0.39, 0.29) is 0 Å². The minimum Gasteiger partial charge on any atom is -0.316 e. The summed E-state index contributed by atoms with van der Waals surface area (Å²) >= 11 is 0. The lowest BCUT2D eigenvalue weighted by Gasteiger charge is -2.42. The molecule has 0 aromatic rings. The van der Waals surface area contributed by atoms with Gasteiger partial charge in [-0.25, -0.2) is 0 Å². The molecule has 4 heteroatoms. The fourth-order valence-electron chi connectivity index (χ4n) is 2.31. The smallest absolute Gasteiger partial charge is 0.280 e. The Labute approximate surface area is 89.5 Å². The second-order valence-electron chi connectivity index (χ2n) is 4.47. The van der Waals surface area contributed by atoms with Gasteiger partial charge in [-0.05, 0) is 40.5 Å². The van der Waals surface area contributed by atoms with Gasteiger partial charge in [0.05, 0.1) is 0 Å². The molecule has 0 unspecified atom stereocenters. The first-order valence-electron chi connectivity index (χ1n) is 5.75. The number of nitrogens with zero attached hydrogens (tertiary/aromatic N) is 1. The topological polar surface area (TPSA) is 27.3 Å². The van der Waals surface area contributed by atoms with E-state index in [1.165, 1.54) is 32.1 Å². The van der Waals surface area contributed by atoms with Crippen LogP contribution >= 0.6 is 0 Å². The molecule has 0 radical (unpaired) electrons. The Morgan fingerprint density at radius 3 is 2.00 bits per heavy atom. The molecule has 0 bridgehead atoms. The predicted octanol–water partition coefficient (Wildman–Crippen LogP) is 1.26. The zero-order valence-corrected chi connectivity index (χ0v) is 11.1. The molecular formula is C10H25N3Si. The Hall–Kier alpha value is 0.0969. The molecule has 0 heterocycles. The largest absolute Gasteiger partial charge is 0.316 e. The maximum Gasteiger partial charge on any atom is 0.280 e. The van der Waals surface area contributed by atoms with Gasteiger partial charge in [0.1, 0.15) is 0 Å². The van der Waals surface area contributed by atoms with E-state index >= 15 is 0 Å². The minimum absolute atomic E-state index is 0.792. The van der Waals surface area contributed by atoms with Gasteiger partial charge in [-0.15, -0.1) is 0 Å². The van der Waals surface area contributed by atoms with Gasteiger partial charge in [-0.2, -0.15) is 0 Å². The molecule has 0 saturated heterocycles. The minimum atomic E-state index is -1.55. The van der Waals surface area contributed by atoms with Crippen LogP contribution in [0.3, 0.4) is 0 Å². The van der Waals surface area contributed by atoms with Crippen LogP contribution in [0.1, 0.15) is 32.1 Å². The van der Waals surface area contributed by atoms with Crippen LogP contribution in [0.4, 0.5) is 0 Å². The Balaban J connectivity index is 2.56. The van der Waals surface area contributed by atoms with Crippen LogP contribution in [0.15, 0.2) is 0 Å². The van der Waals surface area contributed by atoms with E-state index in [0.29, 0.717) is 0 Å². The fraction of sp³-hybridized carbons (Fsp3) is 1.00. The molecule has 1 aliphatic carbocycles. The van der Waals surface area contributed by atoms with Crippen molar-refractivity contribution in [2.45, 2.75) is 44.7 Å². The molecule has 3 nitrogen and oxygen atoms in total. The van der Waals surface area contributed by atoms with E-state index in [0.717, 1.165) is 6.04 Å². The highest BCUT2D eigenvalue weighted by atomic mass is 28.4. The van der Waals surface area contributed by atoms with Crippen molar-refractivity contribution in [2.75, 3.05) is 21.1 Å². The first-order valence-corrected chi connectivity index (χ1v) is 8.19. The highest BCUT2D eigenvalue weighted by molar-refractivity contribution is 6.70. The highest BCUT2D eigenvalue weighted by Crippen LogP contribution is 2.23. The van der Waals surface area contributed by atoms with Crippen molar-refractivity contribution in [1.82, 2.24) is 14.5 Å². The van der Waals surface area contributed by atoms with E-state index in [2.05, 4.69) is 42.2 Å². The van der Waals surface area contributed by atoms with Crippen molar-refractivity contribution in [2.24, 2.45) is 0 Å². The van der Waals surface area contributed by atoms with Crippen LogP contribution < -0.4 is 9.96 Å². The van der Waals surface area contributed by atoms with Crippen LogP contribution in [0, 0.1) is 0 Å². The summed E-state index contributed by atoms with van der Waals surface area (Å²) in [6.45, 7) is 2.33. The molecule has 0 atom stereocenters. The van der Waals surface area contributed by atoms with Crippen LogP contribution in [0.5, 0.6) is 0 Å². The number of rotatable bonds is 4. The lowest BCUT2D eigenvalue weighted by molar-refractivity contribution is 0.272. The number of hydrogen-bond acceptors (Lipinski definition) is 3. The average Bonchev–Trinajstić information content (AvgIpc) is 2.28. The van der Waals surface area contributed by atoms with Gasteiger partial charge in [0.2, 0.25) is 0 Å². The third kappa shape index (κ3) is 2.57. The normalized spacial score (nSPS) is 20.4. The Morgan fingerprint density at radius 2 is 1.57 bits per heavy atom. The maximum atomic E-state index is 3.48. The Bertz CT molecular complexity index is 165. The van der Waals surface area contributed by atoms with Gasteiger partial charge in [0.15, 0.2) is 0 Å². The van der Waals surface area contributed by atoms with Crippen molar-refractivity contribution >= 4 is 8.56 Å². The lowest BCUT2D eigenvalue weighted by atomic mass is 9.96.